The Balaban J connectivity index is 1.77. The zero-order valence-corrected chi connectivity index (χ0v) is 10.1. The number of fused-ring (bicyclic) bond motifs is 1. The molecule has 0 saturated carbocycles. The third-order valence-electron chi connectivity index (χ3n) is 3.82. The molecule has 2 saturated heterocycles. The molecular formula is C14H16N2O2. The Labute approximate surface area is 106 Å². The molecule has 0 radical (unpaired) electrons. The minimum atomic E-state index is -0.144. The van der Waals surface area contributed by atoms with Crippen LogP contribution < -0.4 is 5.32 Å². The van der Waals surface area contributed by atoms with Crippen LogP contribution in [0.3, 0.4) is 0 Å². The number of piperidine rings is 1. The molecule has 2 atom stereocenters. The molecule has 3 rings (SSSR count). The molecule has 1 N–H and O–H groups in total. The zero-order chi connectivity index (χ0) is 12.5. The van der Waals surface area contributed by atoms with Crippen LogP contribution in [0.25, 0.3) is 0 Å². The molecule has 0 aromatic heterocycles. The molecule has 0 spiro atoms. The molecule has 18 heavy (non-hydrogen) atoms. The van der Waals surface area contributed by atoms with Gasteiger partial charge in [0.05, 0.1) is 12.5 Å². The van der Waals surface area contributed by atoms with E-state index in [-0.39, 0.29) is 30.1 Å². The first kappa shape index (κ1) is 11.4. The fourth-order valence-corrected chi connectivity index (χ4v) is 2.83. The summed E-state index contributed by atoms with van der Waals surface area (Å²) in [6.45, 7) is 2.10. The number of hydrogen-bond acceptors (Lipinski definition) is 3. The van der Waals surface area contributed by atoms with Gasteiger partial charge in [-0.1, -0.05) is 30.3 Å². The number of nitrogens with one attached hydrogen (secondary N) is 1. The number of amides is 1. The van der Waals surface area contributed by atoms with Gasteiger partial charge in [0.1, 0.15) is 0 Å². The number of nitrogens with zero attached hydrogens (tertiary/aromatic N) is 1. The van der Waals surface area contributed by atoms with Crippen molar-refractivity contribution in [1.82, 2.24) is 10.2 Å². The van der Waals surface area contributed by atoms with Crippen LogP contribution in [0.2, 0.25) is 0 Å². The Morgan fingerprint density at radius 3 is 2.61 bits per heavy atom. The lowest BCUT2D eigenvalue weighted by molar-refractivity contribution is -0.148. The van der Waals surface area contributed by atoms with Crippen molar-refractivity contribution >= 4 is 11.7 Å². The Bertz CT molecular complexity index is 472. The molecule has 1 aromatic carbocycles. The molecule has 2 fully saturated rings. The van der Waals surface area contributed by atoms with Gasteiger partial charge in [0.25, 0.3) is 0 Å². The van der Waals surface area contributed by atoms with Gasteiger partial charge in [-0.2, -0.15) is 0 Å². The number of hydrogen-bond donors (Lipinski definition) is 1. The van der Waals surface area contributed by atoms with E-state index in [1.54, 1.807) is 4.90 Å². The number of ketones is 1. The van der Waals surface area contributed by atoms with E-state index in [9.17, 15) is 9.59 Å². The van der Waals surface area contributed by atoms with Gasteiger partial charge < -0.3 is 10.2 Å². The van der Waals surface area contributed by atoms with Crippen molar-refractivity contribution in [1.29, 1.82) is 0 Å². The average Bonchev–Trinajstić information content (AvgIpc) is 2.87. The molecule has 2 unspecified atom stereocenters. The van der Waals surface area contributed by atoms with Crippen molar-refractivity contribution < 1.29 is 9.59 Å². The van der Waals surface area contributed by atoms with E-state index >= 15 is 0 Å². The lowest BCUT2D eigenvalue weighted by Gasteiger charge is -2.32. The van der Waals surface area contributed by atoms with Gasteiger partial charge in [0, 0.05) is 25.6 Å². The first-order valence-electron chi connectivity index (χ1n) is 6.32. The van der Waals surface area contributed by atoms with Gasteiger partial charge in [-0.3, -0.25) is 9.59 Å². The standard InChI is InChI=1S/C14H16N2O2/c17-13-9-16(8-10-4-2-1-3-5-10)14(18)12-7-15-6-11(12)13/h1-5,11-12,15H,6-9H2. The molecule has 2 aliphatic heterocycles. The summed E-state index contributed by atoms with van der Waals surface area (Å²) in [6, 6.07) is 9.81. The lowest BCUT2D eigenvalue weighted by atomic mass is 9.86. The Hall–Kier alpha value is -1.68. The Morgan fingerprint density at radius 1 is 1.11 bits per heavy atom. The summed E-state index contributed by atoms with van der Waals surface area (Å²) >= 11 is 0. The molecule has 0 aliphatic carbocycles. The number of carbonyl (C=O) groups is 2. The second kappa shape index (κ2) is 4.53. The van der Waals surface area contributed by atoms with Crippen molar-refractivity contribution in [2.24, 2.45) is 11.8 Å². The first-order valence-corrected chi connectivity index (χ1v) is 6.32. The van der Waals surface area contributed by atoms with E-state index in [1.165, 1.54) is 0 Å². The van der Waals surface area contributed by atoms with Crippen LogP contribution in [0.15, 0.2) is 30.3 Å². The van der Waals surface area contributed by atoms with Gasteiger partial charge in [-0.15, -0.1) is 0 Å². The van der Waals surface area contributed by atoms with Crippen molar-refractivity contribution in [3.05, 3.63) is 35.9 Å². The lowest BCUT2D eigenvalue weighted by Crippen LogP contribution is -2.50. The SMILES string of the molecule is O=C1CN(Cc2ccccc2)C(=O)C2CNCC12. The van der Waals surface area contributed by atoms with Crippen LogP contribution in [-0.2, 0) is 16.1 Å². The summed E-state index contributed by atoms with van der Waals surface area (Å²) in [4.78, 5) is 26.0. The predicted molar refractivity (Wildman–Crippen MR) is 66.7 cm³/mol. The smallest absolute Gasteiger partial charge is 0.228 e. The van der Waals surface area contributed by atoms with Crippen LogP contribution in [0.5, 0.6) is 0 Å². The summed E-state index contributed by atoms with van der Waals surface area (Å²) in [7, 11) is 0. The third kappa shape index (κ3) is 1.93. The quantitative estimate of drug-likeness (QED) is 0.821. The maximum absolute atomic E-state index is 12.3. The fourth-order valence-electron chi connectivity index (χ4n) is 2.83. The van der Waals surface area contributed by atoms with E-state index < -0.39 is 0 Å². The zero-order valence-electron chi connectivity index (χ0n) is 10.1. The molecule has 1 aromatic rings. The molecule has 94 valence electrons. The summed E-state index contributed by atoms with van der Waals surface area (Å²) in [6.07, 6.45) is 0. The first-order chi connectivity index (χ1) is 8.75. The second-order valence-electron chi connectivity index (χ2n) is 5.02. The summed E-state index contributed by atoms with van der Waals surface area (Å²) in [5.41, 5.74) is 1.07. The van der Waals surface area contributed by atoms with Crippen LogP contribution in [0.1, 0.15) is 5.56 Å². The second-order valence-corrected chi connectivity index (χ2v) is 5.02. The van der Waals surface area contributed by atoms with Crippen LogP contribution in [0, 0.1) is 11.8 Å². The van der Waals surface area contributed by atoms with Crippen LogP contribution >= 0.6 is 0 Å². The molecule has 1 amide bonds. The van der Waals surface area contributed by atoms with E-state index in [0.717, 1.165) is 5.56 Å². The summed E-state index contributed by atoms with van der Waals surface area (Å²) in [5.74, 6) is 0.0773. The van der Waals surface area contributed by atoms with Crippen molar-refractivity contribution in [3.8, 4) is 0 Å². The van der Waals surface area contributed by atoms with Crippen molar-refractivity contribution in [3.63, 3.8) is 0 Å². The minimum Gasteiger partial charge on any atom is -0.331 e. The molecule has 4 heteroatoms. The van der Waals surface area contributed by atoms with Crippen LogP contribution in [0.4, 0.5) is 0 Å². The molecule has 2 heterocycles. The average molecular weight is 244 g/mol. The molecule has 2 aliphatic rings. The van der Waals surface area contributed by atoms with Gasteiger partial charge in [0.2, 0.25) is 5.91 Å². The van der Waals surface area contributed by atoms with Crippen molar-refractivity contribution in [2.45, 2.75) is 6.54 Å². The minimum absolute atomic E-state index is 0.0930. The Morgan fingerprint density at radius 2 is 1.83 bits per heavy atom. The summed E-state index contributed by atoms with van der Waals surface area (Å²) in [5, 5.41) is 3.14. The monoisotopic (exact) mass is 244 g/mol. The highest BCUT2D eigenvalue weighted by molar-refractivity contribution is 5.97. The van der Waals surface area contributed by atoms with Gasteiger partial charge in [-0.05, 0) is 5.56 Å². The number of carbonyl (C=O) groups excluding carboxylic acids is 2. The fraction of sp³-hybridized carbons (Fsp3) is 0.429. The van der Waals surface area contributed by atoms with E-state index in [2.05, 4.69) is 5.32 Å². The number of benzene rings is 1. The van der Waals surface area contributed by atoms with E-state index in [4.69, 9.17) is 0 Å². The topological polar surface area (TPSA) is 49.4 Å². The summed E-state index contributed by atoms with van der Waals surface area (Å²) < 4.78 is 0. The van der Waals surface area contributed by atoms with Gasteiger partial charge in [-0.25, -0.2) is 0 Å². The Kier molecular flexibility index (Phi) is 2.88. The normalized spacial score (nSPS) is 27.4. The molecular weight excluding hydrogens is 228 g/mol. The van der Waals surface area contributed by atoms with Crippen molar-refractivity contribution in [2.75, 3.05) is 19.6 Å². The highest BCUT2D eigenvalue weighted by atomic mass is 16.2. The third-order valence-corrected chi connectivity index (χ3v) is 3.82. The molecule has 4 nitrogen and oxygen atoms in total. The van der Waals surface area contributed by atoms with E-state index in [1.807, 2.05) is 30.3 Å². The maximum atomic E-state index is 12.3. The van der Waals surface area contributed by atoms with Crippen LogP contribution in [-0.4, -0.2) is 36.2 Å². The van der Waals surface area contributed by atoms with Gasteiger partial charge >= 0.3 is 0 Å². The van der Waals surface area contributed by atoms with E-state index in [0.29, 0.717) is 19.6 Å². The number of likely N-dealkylation sites (tertiary alicyclic amines) is 1. The number of Topliss-reactive ketones (excluding diaryl/α,β-unsaturated/α-hetero) is 1. The number of rotatable bonds is 2. The largest absolute Gasteiger partial charge is 0.331 e. The maximum Gasteiger partial charge on any atom is 0.228 e. The molecule has 0 bridgehead atoms. The van der Waals surface area contributed by atoms with Gasteiger partial charge in [0.15, 0.2) is 5.78 Å². The highest BCUT2D eigenvalue weighted by Crippen LogP contribution is 2.26. The predicted octanol–water partition coefficient (Wildman–Crippen LogP) is 0.434. The highest BCUT2D eigenvalue weighted by Gasteiger charge is 2.44.